The van der Waals surface area contributed by atoms with Gasteiger partial charge in [0.15, 0.2) is 0 Å². The van der Waals surface area contributed by atoms with Gasteiger partial charge in [-0.05, 0) is 40.0 Å². The number of aliphatic hydroxyl groups is 3. The van der Waals surface area contributed by atoms with Gasteiger partial charge in [-0.25, -0.2) is 4.79 Å². The van der Waals surface area contributed by atoms with Gasteiger partial charge in [0.1, 0.15) is 11.1 Å². The number of alkyl carbamates (subject to hydrolysis) is 1. The van der Waals surface area contributed by atoms with Crippen LogP contribution in [0.25, 0.3) is 0 Å². The molecule has 0 fully saturated rings. The zero-order valence-corrected chi connectivity index (χ0v) is 16.9. The van der Waals surface area contributed by atoms with Crippen molar-refractivity contribution in [3.05, 3.63) is 0 Å². The Bertz CT molecular complexity index is 342. The maximum atomic E-state index is 12.3. The predicted molar refractivity (Wildman–Crippen MR) is 99.7 cm³/mol. The molecule has 0 saturated carbocycles. The monoisotopic (exact) mass is 395 g/mol. The van der Waals surface area contributed by atoms with Crippen LogP contribution < -0.4 is 5.32 Å². The minimum absolute atomic E-state index is 0.00644. The van der Waals surface area contributed by atoms with Gasteiger partial charge in [-0.3, -0.25) is 0 Å². The molecule has 0 aliphatic heterocycles. The van der Waals surface area contributed by atoms with E-state index in [1.54, 1.807) is 20.8 Å². The molecule has 0 rings (SSSR count). The lowest BCUT2D eigenvalue weighted by molar-refractivity contribution is -0.0478. The molecule has 0 spiro atoms. The summed E-state index contributed by atoms with van der Waals surface area (Å²) in [5.74, 6) is 0. The van der Waals surface area contributed by atoms with E-state index < -0.39 is 17.2 Å². The van der Waals surface area contributed by atoms with Gasteiger partial charge in [0.2, 0.25) is 0 Å². The van der Waals surface area contributed by atoms with Gasteiger partial charge >= 0.3 is 6.09 Å². The van der Waals surface area contributed by atoms with Crippen molar-refractivity contribution in [1.29, 1.82) is 0 Å². The smallest absolute Gasteiger partial charge is 0.408 e. The third kappa shape index (κ3) is 14.7. The highest BCUT2D eigenvalue weighted by atomic mass is 16.6. The van der Waals surface area contributed by atoms with E-state index in [9.17, 15) is 4.79 Å². The quantitative estimate of drug-likeness (QED) is 0.277. The highest BCUT2D eigenvalue weighted by Gasteiger charge is 2.35. The van der Waals surface area contributed by atoms with E-state index >= 15 is 0 Å². The molecule has 9 heteroatoms. The highest BCUT2D eigenvalue weighted by Crippen LogP contribution is 2.13. The molecule has 27 heavy (non-hydrogen) atoms. The second-order valence-corrected chi connectivity index (χ2v) is 7.30. The van der Waals surface area contributed by atoms with E-state index in [0.29, 0.717) is 39.1 Å². The first-order chi connectivity index (χ1) is 12.8. The molecule has 0 aromatic carbocycles. The van der Waals surface area contributed by atoms with Crippen LogP contribution in [0.5, 0.6) is 0 Å². The normalized spacial score (nSPS) is 12.2. The Hall–Kier alpha value is -0.970. The first-order valence-electron chi connectivity index (χ1n) is 9.35. The van der Waals surface area contributed by atoms with Crippen LogP contribution >= 0.6 is 0 Å². The highest BCUT2D eigenvalue weighted by molar-refractivity contribution is 5.68. The molecule has 1 amide bonds. The van der Waals surface area contributed by atoms with Gasteiger partial charge in [-0.2, -0.15) is 0 Å². The number of rotatable bonds is 16. The molecule has 0 heterocycles. The summed E-state index contributed by atoms with van der Waals surface area (Å²) in [5, 5.41) is 29.5. The Morgan fingerprint density at radius 2 is 1.15 bits per heavy atom. The molecule has 0 aliphatic carbocycles. The average molecular weight is 395 g/mol. The van der Waals surface area contributed by atoms with E-state index in [2.05, 4.69) is 5.32 Å². The Morgan fingerprint density at radius 3 is 1.44 bits per heavy atom. The van der Waals surface area contributed by atoms with Crippen LogP contribution in [-0.2, 0) is 18.9 Å². The number of carbonyl (C=O) groups is 1. The first-order valence-corrected chi connectivity index (χ1v) is 9.35. The van der Waals surface area contributed by atoms with Crippen molar-refractivity contribution in [2.75, 3.05) is 59.5 Å². The van der Waals surface area contributed by atoms with Gasteiger partial charge in [0.05, 0.1) is 19.8 Å². The van der Waals surface area contributed by atoms with Crippen LogP contribution in [0.1, 0.15) is 40.0 Å². The molecule has 0 unspecified atom stereocenters. The van der Waals surface area contributed by atoms with Crippen LogP contribution in [0, 0.1) is 0 Å². The third-order valence-electron chi connectivity index (χ3n) is 3.24. The third-order valence-corrected chi connectivity index (χ3v) is 3.24. The zero-order chi connectivity index (χ0) is 20.6. The summed E-state index contributed by atoms with van der Waals surface area (Å²) in [4.78, 5) is 12.3. The Balaban J connectivity index is 5.04. The SMILES string of the molecule is CC(C)(C)OC(=O)NC(COCCCO)(COCCCO)COCCCO. The van der Waals surface area contributed by atoms with Crippen molar-refractivity contribution in [3.63, 3.8) is 0 Å². The van der Waals surface area contributed by atoms with E-state index in [0.717, 1.165) is 0 Å². The van der Waals surface area contributed by atoms with E-state index in [-0.39, 0.29) is 39.6 Å². The standard InChI is InChI=1S/C18H37NO8/c1-17(2,3)27-16(23)19-18(13-24-10-4-7-20,14-25-11-5-8-21)15-26-12-6-9-22/h20-22H,4-15H2,1-3H3,(H,19,23). The van der Waals surface area contributed by atoms with Crippen LogP contribution in [0.3, 0.4) is 0 Å². The molecular weight excluding hydrogens is 358 g/mol. The number of nitrogens with one attached hydrogen (secondary N) is 1. The second-order valence-electron chi connectivity index (χ2n) is 7.30. The lowest BCUT2D eigenvalue weighted by Gasteiger charge is -2.35. The van der Waals surface area contributed by atoms with Crippen LogP contribution in [0.15, 0.2) is 0 Å². The van der Waals surface area contributed by atoms with Gasteiger partial charge in [0.25, 0.3) is 0 Å². The van der Waals surface area contributed by atoms with Crippen molar-refractivity contribution in [2.24, 2.45) is 0 Å². The molecule has 0 aliphatic rings. The largest absolute Gasteiger partial charge is 0.444 e. The van der Waals surface area contributed by atoms with Crippen molar-refractivity contribution < 1.29 is 39.1 Å². The molecule has 0 radical (unpaired) electrons. The summed E-state index contributed by atoms with van der Waals surface area (Å²) in [7, 11) is 0. The molecule has 0 atom stereocenters. The molecule has 162 valence electrons. The molecule has 9 nitrogen and oxygen atoms in total. The molecule has 0 aromatic rings. The number of carbonyl (C=O) groups excluding carboxylic acids is 1. The molecule has 0 aromatic heterocycles. The van der Waals surface area contributed by atoms with Crippen LogP contribution in [0.2, 0.25) is 0 Å². The van der Waals surface area contributed by atoms with Crippen LogP contribution in [0.4, 0.5) is 4.79 Å². The number of aliphatic hydroxyl groups excluding tert-OH is 3. The van der Waals surface area contributed by atoms with E-state index in [4.69, 9.17) is 34.3 Å². The Kier molecular flexibility index (Phi) is 14.5. The molecule has 0 bridgehead atoms. The van der Waals surface area contributed by atoms with Crippen molar-refractivity contribution >= 4 is 6.09 Å². The first kappa shape index (κ1) is 26.0. The average Bonchev–Trinajstić information content (AvgIpc) is 2.58. The minimum Gasteiger partial charge on any atom is -0.444 e. The number of hydrogen-bond donors (Lipinski definition) is 4. The van der Waals surface area contributed by atoms with E-state index in [1.165, 1.54) is 0 Å². The number of ether oxygens (including phenoxy) is 4. The number of hydrogen-bond acceptors (Lipinski definition) is 8. The fourth-order valence-electron chi connectivity index (χ4n) is 2.06. The summed E-state index contributed by atoms with van der Waals surface area (Å²) >= 11 is 0. The van der Waals surface area contributed by atoms with Gasteiger partial charge in [-0.1, -0.05) is 0 Å². The fourth-order valence-corrected chi connectivity index (χ4v) is 2.06. The zero-order valence-electron chi connectivity index (χ0n) is 16.9. The van der Waals surface area contributed by atoms with Gasteiger partial charge in [0, 0.05) is 39.6 Å². The second kappa shape index (κ2) is 15.0. The lowest BCUT2D eigenvalue weighted by atomic mass is 10.0. The van der Waals surface area contributed by atoms with Gasteiger partial charge in [-0.15, -0.1) is 0 Å². The number of amides is 1. The summed E-state index contributed by atoms with van der Waals surface area (Å²) in [6, 6.07) is 0. The maximum Gasteiger partial charge on any atom is 0.408 e. The van der Waals surface area contributed by atoms with E-state index in [1.807, 2.05) is 0 Å². The molecule has 4 N–H and O–H groups in total. The maximum absolute atomic E-state index is 12.3. The Morgan fingerprint density at radius 1 is 0.778 bits per heavy atom. The molecular formula is C18H37NO8. The topological polar surface area (TPSA) is 127 Å². The Labute approximate surface area is 161 Å². The fraction of sp³-hybridized carbons (Fsp3) is 0.944. The van der Waals surface area contributed by atoms with Crippen molar-refractivity contribution in [1.82, 2.24) is 5.32 Å². The van der Waals surface area contributed by atoms with Crippen molar-refractivity contribution in [2.45, 2.75) is 51.2 Å². The summed E-state index contributed by atoms with van der Waals surface area (Å²) in [6.07, 6.45) is 0.794. The van der Waals surface area contributed by atoms with Gasteiger partial charge < -0.3 is 39.6 Å². The lowest BCUT2D eigenvalue weighted by Crippen LogP contribution is -2.59. The van der Waals surface area contributed by atoms with Crippen LogP contribution in [-0.4, -0.2) is 92.0 Å². The summed E-state index contributed by atoms with van der Waals surface area (Å²) in [5.41, 5.74) is -1.66. The summed E-state index contributed by atoms with van der Waals surface area (Å²) in [6.45, 7) is 6.58. The molecule has 0 saturated heterocycles. The minimum atomic E-state index is -0.997. The van der Waals surface area contributed by atoms with Crippen molar-refractivity contribution in [3.8, 4) is 0 Å². The predicted octanol–water partition coefficient (Wildman–Crippen LogP) is 0.447. The summed E-state index contributed by atoms with van der Waals surface area (Å²) < 4.78 is 22.1.